The van der Waals surface area contributed by atoms with Crippen molar-refractivity contribution in [1.82, 2.24) is 9.97 Å². The van der Waals surface area contributed by atoms with E-state index in [2.05, 4.69) is 32.4 Å². The van der Waals surface area contributed by atoms with E-state index in [-0.39, 0.29) is 0 Å². The van der Waals surface area contributed by atoms with E-state index in [9.17, 15) is 5.11 Å². The van der Waals surface area contributed by atoms with E-state index >= 15 is 0 Å². The molecule has 6 heteroatoms. The molecule has 0 saturated carbocycles. The first-order valence-electron chi connectivity index (χ1n) is 8.27. The predicted molar refractivity (Wildman–Crippen MR) is 101 cm³/mol. The molecule has 0 aliphatic rings. The molecule has 0 saturated heterocycles. The molecule has 1 heterocycles. The van der Waals surface area contributed by atoms with Gasteiger partial charge in [0.15, 0.2) is 11.6 Å². The van der Waals surface area contributed by atoms with Gasteiger partial charge in [-0.25, -0.2) is 9.97 Å². The molecule has 1 aromatic heterocycles. The normalized spacial score (nSPS) is 11.7. The monoisotopic (exact) mass is 346 g/mol. The summed E-state index contributed by atoms with van der Waals surface area (Å²) in [6.07, 6.45) is 0.891. The van der Waals surface area contributed by atoms with Gasteiger partial charge in [-0.3, -0.25) is 0 Å². The molecule has 2 rings (SSSR count). The van der Waals surface area contributed by atoms with Crippen molar-refractivity contribution in [3.8, 4) is 11.8 Å². The third-order valence-electron chi connectivity index (χ3n) is 3.38. The van der Waals surface area contributed by atoms with Crippen LogP contribution < -0.4 is 10.6 Å². The summed E-state index contributed by atoms with van der Waals surface area (Å²) >= 11 is 6.31. The van der Waals surface area contributed by atoms with Crippen molar-refractivity contribution in [2.45, 2.75) is 39.7 Å². The molecule has 0 radical (unpaired) electrons. The lowest BCUT2D eigenvalue weighted by Gasteiger charge is -2.11. The summed E-state index contributed by atoms with van der Waals surface area (Å²) in [5, 5.41) is 16.7. The van der Waals surface area contributed by atoms with E-state index in [4.69, 9.17) is 11.6 Å². The third kappa shape index (κ3) is 4.50. The van der Waals surface area contributed by atoms with Crippen LogP contribution in [-0.4, -0.2) is 34.3 Å². The molecule has 1 atom stereocenters. The van der Waals surface area contributed by atoms with Crippen molar-refractivity contribution >= 4 is 34.3 Å². The second-order valence-electron chi connectivity index (χ2n) is 5.38. The fourth-order valence-electron chi connectivity index (χ4n) is 2.26. The van der Waals surface area contributed by atoms with E-state index in [1.54, 1.807) is 6.07 Å². The lowest BCUT2D eigenvalue weighted by Crippen LogP contribution is -2.08. The van der Waals surface area contributed by atoms with E-state index < -0.39 is 6.10 Å². The summed E-state index contributed by atoms with van der Waals surface area (Å²) in [5.74, 6) is 7.18. The average molecular weight is 347 g/mol. The number of anilines is 2. The Balaban J connectivity index is 2.46. The highest BCUT2D eigenvalue weighted by atomic mass is 35.5. The Labute approximate surface area is 147 Å². The van der Waals surface area contributed by atoms with Gasteiger partial charge in [0, 0.05) is 18.7 Å². The zero-order valence-electron chi connectivity index (χ0n) is 14.3. The molecule has 1 unspecified atom stereocenters. The lowest BCUT2D eigenvalue weighted by atomic mass is 10.1. The quantitative estimate of drug-likeness (QED) is 0.696. The lowest BCUT2D eigenvalue weighted by molar-refractivity contribution is 0.221. The van der Waals surface area contributed by atoms with Gasteiger partial charge in [-0.05, 0) is 32.4 Å². The highest BCUT2D eigenvalue weighted by molar-refractivity contribution is 6.32. The summed E-state index contributed by atoms with van der Waals surface area (Å²) in [4.78, 5) is 9.22. The predicted octanol–water partition coefficient (Wildman–Crippen LogP) is 3.66. The number of aromatic nitrogens is 2. The Morgan fingerprint density at radius 1 is 1.08 bits per heavy atom. The van der Waals surface area contributed by atoms with Crippen molar-refractivity contribution in [1.29, 1.82) is 0 Å². The van der Waals surface area contributed by atoms with Crippen molar-refractivity contribution in [3.63, 3.8) is 0 Å². The maximum Gasteiger partial charge on any atom is 0.169 e. The first-order valence-corrected chi connectivity index (χ1v) is 8.65. The van der Waals surface area contributed by atoms with Gasteiger partial charge in [-0.1, -0.05) is 36.8 Å². The first kappa shape index (κ1) is 18.3. The van der Waals surface area contributed by atoms with Gasteiger partial charge in [-0.15, -0.1) is 0 Å². The minimum absolute atomic E-state index is 0.506. The van der Waals surface area contributed by atoms with Crippen molar-refractivity contribution in [2.75, 3.05) is 23.7 Å². The van der Waals surface area contributed by atoms with Crippen LogP contribution in [0.5, 0.6) is 0 Å². The molecular formula is C18H23ClN4O. The van der Waals surface area contributed by atoms with Crippen molar-refractivity contribution in [3.05, 3.63) is 22.7 Å². The summed E-state index contributed by atoms with van der Waals surface area (Å²) in [7, 11) is 0. The minimum atomic E-state index is -0.638. The number of benzene rings is 1. The molecule has 1 aromatic carbocycles. The van der Waals surface area contributed by atoms with Gasteiger partial charge in [0.1, 0.15) is 6.10 Å². The van der Waals surface area contributed by atoms with Gasteiger partial charge in [0.25, 0.3) is 0 Å². The second-order valence-corrected chi connectivity index (χ2v) is 5.78. The van der Waals surface area contributed by atoms with Crippen LogP contribution in [-0.2, 0) is 0 Å². The molecule has 0 spiro atoms. The number of aliphatic hydroxyl groups excluding tert-OH is 1. The van der Waals surface area contributed by atoms with Gasteiger partial charge in [-0.2, -0.15) is 0 Å². The van der Waals surface area contributed by atoms with E-state index in [0.29, 0.717) is 39.7 Å². The van der Waals surface area contributed by atoms with E-state index in [0.717, 1.165) is 19.5 Å². The van der Waals surface area contributed by atoms with Crippen LogP contribution >= 0.6 is 11.6 Å². The standard InChI is InChI=1S/C18H23ClN4O/c1-4-7-13(24)9-8-12-10-15-16(11-14(12)19)23-18(21-6-3)17(22-15)20-5-2/h10-11,13,24H,4-7H2,1-3H3,(H,20,22)(H,21,23). The molecule has 0 aliphatic heterocycles. The summed E-state index contributed by atoms with van der Waals surface area (Å²) in [6, 6.07) is 3.57. The SMILES string of the molecule is CCCC(O)C#Cc1cc2nc(NCC)c(NCC)nc2cc1Cl. The Morgan fingerprint density at radius 2 is 1.67 bits per heavy atom. The molecule has 3 N–H and O–H groups in total. The fraction of sp³-hybridized carbons (Fsp3) is 0.444. The number of rotatable bonds is 6. The molecule has 5 nitrogen and oxygen atoms in total. The van der Waals surface area contributed by atoms with Crippen molar-refractivity contribution in [2.24, 2.45) is 0 Å². The number of nitrogens with zero attached hydrogens (tertiary/aromatic N) is 2. The molecule has 0 amide bonds. The third-order valence-corrected chi connectivity index (χ3v) is 3.69. The number of aliphatic hydroxyl groups is 1. The Kier molecular flexibility index (Phi) is 6.65. The van der Waals surface area contributed by atoms with Crippen LogP contribution in [0.4, 0.5) is 11.6 Å². The maximum atomic E-state index is 9.76. The van der Waals surface area contributed by atoms with Gasteiger partial charge in [0.2, 0.25) is 0 Å². The van der Waals surface area contributed by atoms with Crippen LogP contribution in [0.15, 0.2) is 12.1 Å². The fourth-order valence-corrected chi connectivity index (χ4v) is 2.47. The van der Waals surface area contributed by atoms with E-state index in [1.807, 2.05) is 26.8 Å². The first-order chi connectivity index (χ1) is 11.6. The number of hydrogen-bond donors (Lipinski definition) is 3. The molecule has 0 bridgehead atoms. The van der Waals surface area contributed by atoms with Crippen LogP contribution in [0, 0.1) is 11.8 Å². The summed E-state index contributed by atoms with van der Waals surface area (Å²) < 4.78 is 0. The maximum absolute atomic E-state index is 9.76. The number of hydrogen-bond acceptors (Lipinski definition) is 5. The molecule has 0 aliphatic carbocycles. The Bertz CT molecular complexity index is 767. The second kappa shape index (κ2) is 8.72. The van der Waals surface area contributed by atoms with Crippen LogP contribution in [0.3, 0.4) is 0 Å². The van der Waals surface area contributed by atoms with Crippen LogP contribution in [0.2, 0.25) is 5.02 Å². The van der Waals surface area contributed by atoms with Gasteiger partial charge >= 0.3 is 0 Å². The van der Waals surface area contributed by atoms with Crippen LogP contribution in [0.1, 0.15) is 39.2 Å². The largest absolute Gasteiger partial charge is 0.380 e. The van der Waals surface area contributed by atoms with Gasteiger partial charge in [0.05, 0.1) is 16.1 Å². The Hall–Kier alpha value is -2.03. The number of halogens is 1. The molecule has 24 heavy (non-hydrogen) atoms. The zero-order valence-corrected chi connectivity index (χ0v) is 15.0. The molecule has 2 aromatic rings. The van der Waals surface area contributed by atoms with Gasteiger partial charge < -0.3 is 15.7 Å². The van der Waals surface area contributed by atoms with Crippen molar-refractivity contribution < 1.29 is 5.11 Å². The molecule has 0 fully saturated rings. The number of fused-ring (bicyclic) bond motifs is 1. The topological polar surface area (TPSA) is 70.1 Å². The highest BCUT2D eigenvalue weighted by Crippen LogP contribution is 2.26. The van der Waals surface area contributed by atoms with Crippen LogP contribution in [0.25, 0.3) is 11.0 Å². The zero-order chi connectivity index (χ0) is 17.5. The highest BCUT2D eigenvalue weighted by Gasteiger charge is 2.10. The molecular weight excluding hydrogens is 324 g/mol. The average Bonchev–Trinajstić information content (AvgIpc) is 2.55. The van der Waals surface area contributed by atoms with E-state index in [1.165, 1.54) is 0 Å². The minimum Gasteiger partial charge on any atom is -0.380 e. The Morgan fingerprint density at radius 3 is 2.21 bits per heavy atom. The summed E-state index contributed by atoms with van der Waals surface area (Å²) in [5.41, 5.74) is 2.07. The smallest absolute Gasteiger partial charge is 0.169 e. The number of nitrogens with one attached hydrogen (secondary N) is 2. The molecule has 128 valence electrons. The summed E-state index contributed by atoms with van der Waals surface area (Å²) in [6.45, 7) is 7.53.